The molecule has 40 heavy (non-hydrogen) atoms. The predicted molar refractivity (Wildman–Crippen MR) is 157 cm³/mol. The van der Waals surface area contributed by atoms with E-state index in [-0.39, 0.29) is 23.7 Å². The molecule has 1 aromatic heterocycles. The summed E-state index contributed by atoms with van der Waals surface area (Å²) in [4.78, 5) is 33.9. The topological polar surface area (TPSA) is 83.0 Å². The number of benzene rings is 2. The lowest BCUT2D eigenvalue weighted by Crippen LogP contribution is -2.44. The van der Waals surface area contributed by atoms with Gasteiger partial charge in [0.15, 0.2) is 5.13 Å². The van der Waals surface area contributed by atoms with Gasteiger partial charge in [-0.25, -0.2) is 4.98 Å². The zero-order valence-electron chi connectivity index (χ0n) is 23.3. The van der Waals surface area contributed by atoms with Crippen molar-refractivity contribution in [1.82, 2.24) is 9.88 Å². The van der Waals surface area contributed by atoms with Crippen molar-refractivity contribution in [2.75, 3.05) is 31.1 Å². The summed E-state index contributed by atoms with van der Waals surface area (Å²) >= 11 is 1.62. The van der Waals surface area contributed by atoms with Crippen LogP contribution < -0.4 is 9.64 Å². The number of fused-ring (bicyclic) bond motifs is 2. The van der Waals surface area contributed by atoms with Crippen LogP contribution in [-0.2, 0) is 11.4 Å². The molecular formula is C32H37N3O4S. The van der Waals surface area contributed by atoms with Crippen LogP contribution in [0.5, 0.6) is 5.75 Å². The summed E-state index contributed by atoms with van der Waals surface area (Å²) in [6, 6.07) is 12.1. The highest BCUT2D eigenvalue weighted by Crippen LogP contribution is 2.44. The Hall–Kier alpha value is -3.39. The number of rotatable bonds is 7. The molecule has 6 rings (SSSR count). The first-order chi connectivity index (χ1) is 19.4. The molecule has 1 N–H and O–H groups in total. The molecule has 1 aliphatic carbocycles. The number of hydrogen-bond acceptors (Lipinski definition) is 6. The van der Waals surface area contributed by atoms with Crippen molar-refractivity contribution in [1.29, 1.82) is 0 Å². The molecule has 2 saturated heterocycles. The Kier molecular flexibility index (Phi) is 7.53. The van der Waals surface area contributed by atoms with Crippen molar-refractivity contribution in [2.45, 2.75) is 52.6 Å². The molecule has 2 aliphatic heterocycles. The molecule has 2 unspecified atom stereocenters. The van der Waals surface area contributed by atoms with Crippen LogP contribution in [0.3, 0.4) is 0 Å². The second kappa shape index (κ2) is 11.2. The molecule has 0 radical (unpaired) electrons. The second-order valence-corrected chi connectivity index (χ2v) is 12.5. The van der Waals surface area contributed by atoms with E-state index < -0.39 is 5.97 Å². The van der Waals surface area contributed by atoms with Crippen LogP contribution in [-0.4, -0.2) is 53.0 Å². The molecule has 2 aromatic carbocycles. The largest absolute Gasteiger partial charge is 0.488 e. The maximum absolute atomic E-state index is 12.9. The Labute approximate surface area is 239 Å². The Bertz CT molecular complexity index is 1400. The molecule has 7 nitrogen and oxygen atoms in total. The number of carbonyl (C=O) groups is 2. The number of carboxylic acid groups (broad SMARTS) is 1. The lowest BCUT2D eigenvalue weighted by Gasteiger charge is -2.35. The van der Waals surface area contributed by atoms with E-state index in [1.54, 1.807) is 11.3 Å². The first kappa shape index (κ1) is 26.8. The zero-order valence-corrected chi connectivity index (χ0v) is 24.1. The van der Waals surface area contributed by atoms with Crippen LogP contribution in [0, 0.1) is 31.6 Å². The summed E-state index contributed by atoms with van der Waals surface area (Å²) in [6.07, 6.45) is 5.34. The molecule has 8 heteroatoms. The predicted octanol–water partition coefficient (Wildman–Crippen LogP) is 6.18. The summed E-state index contributed by atoms with van der Waals surface area (Å²) in [5, 5.41) is 12.7. The van der Waals surface area contributed by atoms with Gasteiger partial charge >= 0.3 is 5.97 Å². The smallest absolute Gasteiger partial charge is 0.307 e. The second-order valence-electron chi connectivity index (χ2n) is 11.7. The summed E-state index contributed by atoms with van der Waals surface area (Å²) in [5.74, 6) is 0.438. The molecule has 3 heterocycles. The first-order valence-corrected chi connectivity index (χ1v) is 15.3. The molecule has 0 spiro atoms. The first-order valence-electron chi connectivity index (χ1n) is 14.4. The number of carbonyl (C=O) groups excluding carboxylic acids is 1. The number of likely N-dealkylation sites (tertiary alicyclic amines) is 1. The highest BCUT2D eigenvalue weighted by molar-refractivity contribution is 7.14. The zero-order chi connectivity index (χ0) is 27.8. The van der Waals surface area contributed by atoms with E-state index in [2.05, 4.69) is 23.3 Å². The van der Waals surface area contributed by atoms with Crippen molar-refractivity contribution < 1.29 is 19.4 Å². The van der Waals surface area contributed by atoms with E-state index in [1.165, 1.54) is 6.42 Å². The molecule has 3 aromatic rings. The van der Waals surface area contributed by atoms with Crippen LogP contribution in [0.2, 0.25) is 0 Å². The molecule has 3 aliphatic rings. The Balaban J connectivity index is 1.16. The van der Waals surface area contributed by atoms with Crippen molar-refractivity contribution in [3.63, 3.8) is 0 Å². The average molecular weight is 560 g/mol. The van der Waals surface area contributed by atoms with Gasteiger partial charge in [0.1, 0.15) is 12.4 Å². The molecule has 1 amide bonds. The van der Waals surface area contributed by atoms with E-state index in [1.807, 2.05) is 42.2 Å². The number of nitrogens with zero attached hydrogens (tertiary/aromatic N) is 3. The van der Waals surface area contributed by atoms with Crippen LogP contribution in [0.25, 0.3) is 11.3 Å². The fourth-order valence-electron chi connectivity index (χ4n) is 6.71. The highest BCUT2D eigenvalue weighted by Gasteiger charge is 2.46. The quantitative estimate of drug-likeness (QED) is 0.372. The van der Waals surface area contributed by atoms with Gasteiger partial charge in [-0.05, 0) is 93.2 Å². The minimum absolute atomic E-state index is 0.121. The molecule has 2 bridgehead atoms. The maximum Gasteiger partial charge on any atom is 0.307 e. The molecule has 3 fully saturated rings. The van der Waals surface area contributed by atoms with Gasteiger partial charge in [-0.1, -0.05) is 17.7 Å². The highest BCUT2D eigenvalue weighted by atomic mass is 32.1. The lowest BCUT2D eigenvalue weighted by atomic mass is 9.85. The Morgan fingerprint density at radius 2 is 1.77 bits per heavy atom. The fraction of sp³-hybridized carbons (Fsp3) is 0.469. The van der Waals surface area contributed by atoms with Gasteiger partial charge in [-0.2, -0.15) is 0 Å². The molecular weight excluding hydrogens is 522 g/mol. The van der Waals surface area contributed by atoms with Crippen LogP contribution in [0.15, 0.2) is 41.8 Å². The van der Waals surface area contributed by atoms with Gasteiger partial charge in [0.25, 0.3) is 5.91 Å². The van der Waals surface area contributed by atoms with Crippen LogP contribution >= 0.6 is 11.3 Å². The summed E-state index contributed by atoms with van der Waals surface area (Å²) in [7, 11) is 0. The Morgan fingerprint density at radius 3 is 2.48 bits per heavy atom. The minimum Gasteiger partial charge on any atom is -0.488 e. The fourth-order valence-corrected chi connectivity index (χ4v) is 7.56. The maximum atomic E-state index is 12.9. The van der Waals surface area contributed by atoms with E-state index >= 15 is 0 Å². The minimum atomic E-state index is -0.646. The standard InChI is InChI=1S/C32H37N3O4S/c1-20-6-11-28(39-18-25-10-7-22(15-21(25)2)30(36)34-12-4-3-5-13-34)26(14-20)27-19-40-32(33-27)35-16-23-8-9-24(17-35)29(23)31(37)38/h6-7,10-11,14-15,19,23-24,29H,3-5,8-9,12-13,16-18H2,1-2H3,(H,37,38). The van der Waals surface area contributed by atoms with Gasteiger partial charge in [-0.15, -0.1) is 11.3 Å². The number of aryl methyl sites for hydroxylation is 2. The third-order valence-electron chi connectivity index (χ3n) is 8.91. The van der Waals surface area contributed by atoms with Gasteiger partial charge in [0.05, 0.1) is 11.6 Å². The third-order valence-corrected chi connectivity index (χ3v) is 9.81. The van der Waals surface area contributed by atoms with Gasteiger partial charge in [0, 0.05) is 42.7 Å². The van der Waals surface area contributed by atoms with Crippen molar-refractivity contribution in [3.8, 4) is 17.0 Å². The van der Waals surface area contributed by atoms with Crippen molar-refractivity contribution >= 4 is 28.3 Å². The van der Waals surface area contributed by atoms with E-state index in [0.29, 0.717) is 6.61 Å². The van der Waals surface area contributed by atoms with Gasteiger partial charge in [0.2, 0.25) is 0 Å². The van der Waals surface area contributed by atoms with Gasteiger partial charge < -0.3 is 19.6 Å². The molecule has 2 atom stereocenters. The Morgan fingerprint density at radius 1 is 1.02 bits per heavy atom. The van der Waals surface area contributed by atoms with Gasteiger partial charge in [-0.3, -0.25) is 9.59 Å². The van der Waals surface area contributed by atoms with E-state index in [9.17, 15) is 14.7 Å². The van der Waals surface area contributed by atoms with Crippen molar-refractivity contribution in [3.05, 3.63) is 64.0 Å². The third kappa shape index (κ3) is 5.33. The van der Waals surface area contributed by atoms with Crippen molar-refractivity contribution in [2.24, 2.45) is 17.8 Å². The molecule has 1 saturated carbocycles. The number of thiazole rings is 1. The summed E-state index contributed by atoms with van der Waals surface area (Å²) in [5.41, 5.74) is 5.82. The number of hydrogen-bond donors (Lipinski definition) is 1. The SMILES string of the molecule is Cc1ccc(OCc2ccc(C(=O)N3CCCCC3)cc2C)c(-c2csc(N3CC4CCC(C3)C4C(=O)O)n2)c1. The number of aliphatic carboxylic acids is 1. The van der Waals surface area contributed by atoms with E-state index in [4.69, 9.17) is 9.72 Å². The number of aromatic nitrogens is 1. The number of amides is 1. The summed E-state index contributed by atoms with van der Waals surface area (Å²) < 4.78 is 6.36. The molecule has 210 valence electrons. The summed E-state index contributed by atoms with van der Waals surface area (Å²) in [6.45, 7) is 7.72. The average Bonchev–Trinajstić information content (AvgIpc) is 3.55. The number of ether oxygens (including phenoxy) is 1. The number of carboxylic acids is 1. The number of anilines is 1. The lowest BCUT2D eigenvalue weighted by molar-refractivity contribution is -0.144. The monoisotopic (exact) mass is 559 g/mol. The normalized spacial score (nSPS) is 22.4. The van der Waals surface area contributed by atoms with Crippen LogP contribution in [0.4, 0.5) is 5.13 Å². The number of piperidine rings is 2. The van der Waals surface area contributed by atoms with Crippen LogP contribution in [0.1, 0.15) is 59.2 Å². The van der Waals surface area contributed by atoms with E-state index in [0.717, 1.165) is 96.3 Å².